The lowest BCUT2D eigenvalue weighted by Gasteiger charge is -2.11. The van der Waals surface area contributed by atoms with Crippen LogP contribution in [0.2, 0.25) is 0 Å². The Bertz CT molecular complexity index is 494. The van der Waals surface area contributed by atoms with Crippen molar-refractivity contribution >= 4 is 22.3 Å². The Kier molecular flexibility index (Phi) is 3.48. The van der Waals surface area contributed by atoms with Crippen LogP contribution >= 0.6 is 11.3 Å². The van der Waals surface area contributed by atoms with E-state index in [9.17, 15) is 4.21 Å². The molecule has 0 aliphatic carbocycles. The van der Waals surface area contributed by atoms with Gasteiger partial charge in [0.1, 0.15) is 16.0 Å². The molecule has 1 aromatic heterocycles. The zero-order chi connectivity index (χ0) is 11.5. The first-order chi connectivity index (χ1) is 7.70. The van der Waals surface area contributed by atoms with Crippen LogP contribution in [-0.4, -0.2) is 27.6 Å². The molecule has 1 atom stereocenters. The molecule has 84 valence electrons. The molecule has 1 unspecified atom stereocenters. The molecule has 3 nitrogen and oxygen atoms in total. The smallest absolute Gasteiger partial charge is 0.127 e. The van der Waals surface area contributed by atoms with E-state index >= 15 is 0 Å². The maximum Gasteiger partial charge on any atom is 0.127 e. The van der Waals surface area contributed by atoms with Crippen molar-refractivity contribution in [1.29, 1.82) is 0 Å². The second kappa shape index (κ2) is 4.86. The van der Waals surface area contributed by atoms with Gasteiger partial charge < -0.3 is 0 Å². The monoisotopic (exact) mass is 252 g/mol. The summed E-state index contributed by atoms with van der Waals surface area (Å²) in [6.07, 6.45) is 1.76. The zero-order valence-corrected chi connectivity index (χ0v) is 10.7. The zero-order valence-electron chi connectivity index (χ0n) is 9.08. The number of thiazole rings is 1. The minimum Gasteiger partial charge on any atom is -0.245 e. The van der Waals surface area contributed by atoms with Crippen molar-refractivity contribution in [3.63, 3.8) is 0 Å². The Morgan fingerprint density at radius 2 is 2.06 bits per heavy atom. The molecule has 0 N–H and O–H groups in total. The van der Waals surface area contributed by atoms with Crippen LogP contribution in [0.4, 0.5) is 0 Å². The molecular weight excluding hydrogens is 240 g/mol. The molecule has 0 amide bonds. The van der Waals surface area contributed by atoms with E-state index in [1.165, 1.54) is 0 Å². The van der Waals surface area contributed by atoms with Gasteiger partial charge in [0.25, 0.3) is 0 Å². The Balaban J connectivity index is 2.51. The van der Waals surface area contributed by atoms with Gasteiger partial charge in [-0.2, -0.15) is 0 Å². The van der Waals surface area contributed by atoms with Gasteiger partial charge in [-0.15, -0.1) is 11.3 Å². The molecule has 0 radical (unpaired) electrons. The molecule has 2 aromatic rings. The highest BCUT2D eigenvalue weighted by Crippen LogP contribution is 2.28. The summed E-state index contributed by atoms with van der Waals surface area (Å²) in [5, 5.41) is 2.83. The fraction of sp³-hybridized carbons (Fsp3) is 0.182. The van der Waals surface area contributed by atoms with Gasteiger partial charge in [0.15, 0.2) is 0 Å². The molecule has 0 fully saturated rings. The number of rotatable bonds is 3. The molecular formula is C11H12N2OS2. The van der Waals surface area contributed by atoms with E-state index in [2.05, 4.69) is 4.98 Å². The topological polar surface area (TPSA) is 33.2 Å². The molecule has 0 aliphatic heterocycles. The lowest BCUT2D eigenvalue weighted by Crippen LogP contribution is -2.15. The van der Waals surface area contributed by atoms with Crippen LogP contribution in [0.25, 0.3) is 10.6 Å². The lowest BCUT2D eigenvalue weighted by atomic mass is 10.2. The van der Waals surface area contributed by atoms with Crippen molar-refractivity contribution < 1.29 is 4.21 Å². The highest BCUT2D eigenvalue weighted by Gasteiger charge is 2.13. The van der Waals surface area contributed by atoms with Gasteiger partial charge in [0.05, 0.1) is 4.90 Å². The predicted octanol–water partition coefficient (Wildman–Crippen LogP) is 2.39. The maximum atomic E-state index is 12.1. The third-order valence-corrected chi connectivity index (χ3v) is 4.27. The summed E-state index contributed by atoms with van der Waals surface area (Å²) in [5.41, 5.74) is 0.949. The van der Waals surface area contributed by atoms with E-state index in [4.69, 9.17) is 0 Å². The molecule has 1 aromatic carbocycles. The Hall–Kier alpha value is -1.04. The predicted molar refractivity (Wildman–Crippen MR) is 67.6 cm³/mol. The van der Waals surface area contributed by atoms with E-state index < -0.39 is 11.0 Å². The molecule has 16 heavy (non-hydrogen) atoms. The van der Waals surface area contributed by atoms with Crippen molar-refractivity contribution in [3.8, 4) is 10.6 Å². The SMILES string of the molecule is CN(C)S(=O)c1ccccc1-c1nccs1. The highest BCUT2D eigenvalue weighted by atomic mass is 32.2. The van der Waals surface area contributed by atoms with Crippen molar-refractivity contribution in [1.82, 2.24) is 9.29 Å². The molecule has 5 heteroatoms. The van der Waals surface area contributed by atoms with Gasteiger partial charge in [-0.1, -0.05) is 18.2 Å². The first-order valence-corrected chi connectivity index (χ1v) is 6.77. The normalized spacial score (nSPS) is 12.9. The van der Waals surface area contributed by atoms with E-state index in [-0.39, 0.29) is 0 Å². The summed E-state index contributed by atoms with van der Waals surface area (Å²) in [7, 11) is 2.47. The Morgan fingerprint density at radius 1 is 1.31 bits per heavy atom. The summed E-state index contributed by atoms with van der Waals surface area (Å²) in [6.45, 7) is 0. The van der Waals surface area contributed by atoms with Gasteiger partial charge in [-0.3, -0.25) is 0 Å². The van der Waals surface area contributed by atoms with Crippen LogP contribution in [0.15, 0.2) is 40.7 Å². The van der Waals surface area contributed by atoms with Gasteiger partial charge in [0, 0.05) is 17.1 Å². The molecule has 0 saturated carbocycles. The van der Waals surface area contributed by atoms with Gasteiger partial charge >= 0.3 is 0 Å². The highest BCUT2D eigenvalue weighted by molar-refractivity contribution is 7.82. The fourth-order valence-corrected chi connectivity index (χ4v) is 3.03. The van der Waals surface area contributed by atoms with E-state index in [0.717, 1.165) is 15.5 Å². The standard InChI is InChI=1S/C11H12N2OS2/c1-13(2)16(14)10-6-4-3-5-9(10)11-12-7-8-15-11/h3-8H,1-2H3. The largest absolute Gasteiger partial charge is 0.245 e. The Labute approximate surface area is 101 Å². The number of aromatic nitrogens is 1. The second-order valence-corrected chi connectivity index (χ2v) is 5.96. The lowest BCUT2D eigenvalue weighted by molar-refractivity contribution is 0.603. The minimum atomic E-state index is -1.13. The summed E-state index contributed by atoms with van der Waals surface area (Å²) < 4.78 is 13.8. The summed E-state index contributed by atoms with van der Waals surface area (Å²) in [6, 6.07) is 7.67. The average molecular weight is 252 g/mol. The van der Waals surface area contributed by atoms with Crippen LogP contribution in [-0.2, 0) is 11.0 Å². The van der Waals surface area contributed by atoms with Crippen molar-refractivity contribution in [2.24, 2.45) is 0 Å². The van der Waals surface area contributed by atoms with Crippen molar-refractivity contribution in [2.45, 2.75) is 4.90 Å². The van der Waals surface area contributed by atoms with Crippen LogP contribution in [0.5, 0.6) is 0 Å². The molecule has 0 aliphatic rings. The number of hydrogen-bond donors (Lipinski definition) is 0. The summed E-state index contributed by atoms with van der Waals surface area (Å²) in [4.78, 5) is 5.06. The van der Waals surface area contributed by atoms with E-state index in [1.807, 2.05) is 29.6 Å². The maximum absolute atomic E-state index is 12.1. The van der Waals surface area contributed by atoms with Crippen LogP contribution in [0.1, 0.15) is 0 Å². The second-order valence-electron chi connectivity index (χ2n) is 3.39. The fourth-order valence-electron chi connectivity index (χ4n) is 1.35. The first kappa shape index (κ1) is 11.4. The van der Waals surface area contributed by atoms with Gasteiger partial charge in [-0.05, 0) is 20.2 Å². The minimum absolute atomic E-state index is 0.808. The van der Waals surface area contributed by atoms with Crippen LogP contribution in [0, 0.1) is 0 Å². The molecule has 0 spiro atoms. The van der Waals surface area contributed by atoms with Crippen molar-refractivity contribution in [2.75, 3.05) is 14.1 Å². The average Bonchev–Trinajstić information content (AvgIpc) is 2.81. The van der Waals surface area contributed by atoms with Crippen LogP contribution in [0.3, 0.4) is 0 Å². The quantitative estimate of drug-likeness (QED) is 0.840. The molecule has 0 bridgehead atoms. The summed E-state index contributed by atoms with van der Waals surface area (Å²) >= 11 is 1.56. The number of benzene rings is 1. The molecule has 0 saturated heterocycles. The number of nitrogens with zero attached hydrogens (tertiary/aromatic N) is 2. The van der Waals surface area contributed by atoms with Crippen LogP contribution < -0.4 is 0 Å². The summed E-state index contributed by atoms with van der Waals surface area (Å²) in [5.74, 6) is 0. The third kappa shape index (κ3) is 2.21. The molecule has 1 heterocycles. The van der Waals surface area contributed by atoms with Crippen molar-refractivity contribution in [3.05, 3.63) is 35.8 Å². The Morgan fingerprint density at radius 3 is 2.69 bits per heavy atom. The van der Waals surface area contributed by atoms with E-state index in [0.29, 0.717) is 0 Å². The number of hydrogen-bond acceptors (Lipinski definition) is 3. The first-order valence-electron chi connectivity index (χ1n) is 4.78. The van der Waals surface area contributed by atoms with Gasteiger partial charge in [0.2, 0.25) is 0 Å². The third-order valence-electron chi connectivity index (χ3n) is 2.07. The molecule has 2 rings (SSSR count). The van der Waals surface area contributed by atoms with Gasteiger partial charge in [-0.25, -0.2) is 13.5 Å². The van der Waals surface area contributed by atoms with E-state index in [1.54, 1.807) is 35.9 Å².